The van der Waals surface area contributed by atoms with Crippen molar-refractivity contribution in [3.63, 3.8) is 0 Å². The summed E-state index contributed by atoms with van der Waals surface area (Å²) in [5.41, 5.74) is 0.785. The first-order valence-electron chi connectivity index (χ1n) is 5.25. The summed E-state index contributed by atoms with van der Waals surface area (Å²) >= 11 is 18.1. The second-order valence-corrected chi connectivity index (χ2v) is 4.98. The zero-order valence-electron chi connectivity index (χ0n) is 9.62. The Balaban J connectivity index is 2.03. The van der Waals surface area contributed by atoms with Gasteiger partial charge in [-0.15, -0.1) is 10.2 Å². The largest absolute Gasteiger partial charge is 0.320 e. The predicted molar refractivity (Wildman–Crippen MR) is 73.0 cm³/mol. The Bertz CT molecular complexity index is 553. The molecule has 1 N–H and O–H groups in total. The molecule has 0 saturated heterocycles. The van der Waals surface area contributed by atoms with Gasteiger partial charge >= 0.3 is 0 Å². The zero-order chi connectivity index (χ0) is 13.1. The van der Waals surface area contributed by atoms with Crippen LogP contribution in [0, 0.1) is 0 Å². The Hall–Kier alpha value is -0.810. The van der Waals surface area contributed by atoms with Crippen molar-refractivity contribution in [2.24, 2.45) is 7.05 Å². The van der Waals surface area contributed by atoms with Crippen LogP contribution in [0.2, 0.25) is 15.1 Å². The fourth-order valence-corrected chi connectivity index (χ4v) is 2.18. The first-order chi connectivity index (χ1) is 8.59. The van der Waals surface area contributed by atoms with Gasteiger partial charge in [0.1, 0.15) is 12.2 Å². The van der Waals surface area contributed by atoms with Crippen LogP contribution in [0.25, 0.3) is 0 Å². The lowest BCUT2D eigenvalue weighted by atomic mass is 10.2. The van der Waals surface area contributed by atoms with E-state index in [0.29, 0.717) is 28.2 Å². The van der Waals surface area contributed by atoms with Crippen molar-refractivity contribution >= 4 is 34.8 Å². The van der Waals surface area contributed by atoms with Gasteiger partial charge in [-0.1, -0.05) is 34.8 Å². The SMILES string of the molecule is Cn1cnnc1CNCc1c(Cl)ccc(Cl)c1Cl. The molecule has 0 radical (unpaired) electrons. The van der Waals surface area contributed by atoms with Crippen LogP contribution < -0.4 is 5.32 Å². The van der Waals surface area contributed by atoms with Crippen LogP contribution in [-0.2, 0) is 20.1 Å². The molecule has 0 saturated carbocycles. The second kappa shape index (κ2) is 5.89. The number of nitrogens with zero attached hydrogens (tertiary/aromatic N) is 3. The molecule has 2 aromatic rings. The van der Waals surface area contributed by atoms with Gasteiger partial charge in [-0.05, 0) is 12.1 Å². The van der Waals surface area contributed by atoms with Gasteiger partial charge in [0.2, 0.25) is 0 Å². The lowest BCUT2D eigenvalue weighted by molar-refractivity contribution is 0.637. The highest BCUT2D eigenvalue weighted by atomic mass is 35.5. The van der Waals surface area contributed by atoms with Crippen molar-refractivity contribution in [3.8, 4) is 0 Å². The Morgan fingerprint density at radius 1 is 1.17 bits per heavy atom. The molecule has 0 bridgehead atoms. The molecule has 18 heavy (non-hydrogen) atoms. The summed E-state index contributed by atoms with van der Waals surface area (Å²) in [7, 11) is 1.89. The van der Waals surface area contributed by atoms with E-state index in [0.717, 1.165) is 11.4 Å². The predicted octanol–water partition coefficient (Wildman–Crippen LogP) is 3.07. The molecule has 0 unspecified atom stereocenters. The van der Waals surface area contributed by atoms with E-state index in [4.69, 9.17) is 34.8 Å². The van der Waals surface area contributed by atoms with Crippen molar-refractivity contribution in [1.29, 1.82) is 0 Å². The van der Waals surface area contributed by atoms with Gasteiger partial charge in [0.15, 0.2) is 0 Å². The van der Waals surface area contributed by atoms with Crippen molar-refractivity contribution in [1.82, 2.24) is 20.1 Å². The quantitative estimate of drug-likeness (QED) is 0.883. The molecule has 0 fully saturated rings. The van der Waals surface area contributed by atoms with E-state index in [2.05, 4.69) is 15.5 Å². The molecule has 0 atom stereocenters. The fraction of sp³-hybridized carbons (Fsp3) is 0.273. The van der Waals surface area contributed by atoms with E-state index >= 15 is 0 Å². The van der Waals surface area contributed by atoms with Crippen molar-refractivity contribution in [3.05, 3.63) is 44.9 Å². The normalized spacial score (nSPS) is 10.9. The molecule has 2 rings (SSSR count). The minimum Gasteiger partial charge on any atom is -0.320 e. The Morgan fingerprint density at radius 2 is 1.89 bits per heavy atom. The number of hydrogen-bond donors (Lipinski definition) is 1. The van der Waals surface area contributed by atoms with E-state index in [9.17, 15) is 0 Å². The number of aryl methyl sites for hydroxylation is 1. The van der Waals surface area contributed by atoms with E-state index < -0.39 is 0 Å². The maximum atomic E-state index is 6.10. The highest BCUT2D eigenvalue weighted by Crippen LogP contribution is 2.31. The molecular formula is C11H11Cl3N4. The number of hydrogen-bond acceptors (Lipinski definition) is 3. The third-order valence-corrected chi connectivity index (χ3v) is 3.73. The average Bonchev–Trinajstić information content (AvgIpc) is 2.74. The molecule has 0 amide bonds. The third-order valence-electron chi connectivity index (χ3n) is 2.53. The Kier molecular flexibility index (Phi) is 4.45. The molecule has 7 heteroatoms. The number of benzene rings is 1. The molecule has 4 nitrogen and oxygen atoms in total. The highest BCUT2D eigenvalue weighted by molar-refractivity contribution is 6.44. The summed E-state index contributed by atoms with van der Waals surface area (Å²) in [5.74, 6) is 0.837. The van der Waals surface area contributed by atoms with Crippen molar-refractivity contribution < 1.29 is 0 Å². The Morgan fingerprint density at radius 3 is 2.56 bits per heavy atom. The molecule has 0 spiro atoms. The molecule has 0 aliphatic carbocycles. The average molecular weight is 306 g/mol. The van der Waals surface area contributed by atoms with Gasteiger partial charge in [0.05, 0.1) is 16.6 Å². The van der Waals surface area contributed by atoms with Gasteiger partial charge in [-0.25, -0.2) is 0 Å². The molecule has 0 aliphatic rings. The molecule has 0 aliphatic heterocycles. The standard InChI is InChI=1S/C11H11Cl3N4/c1-18-6-16-17-10(18)5-15-4-7-8(12)2-3-9(13)11(7)14/h2-3,6,15H,4-5H2,1H3. The summed E-state index contributed by atoms with van der Waals surface area (Å²) in [5, 5.41) is 12.5. The number of aromatic nitrogens is 3. The minimum absolute atomic E-state index is 0.481. The number of nitrogens with one attached hydrogen (secondary N) is 1. The van der Waals surface area contributed by atoms with Gasteiger partial charge in [0, 0.05) is 24.2 Å². The second-order valence-electron chi connectivity index (χ2n) is 3.78. The van der Waals surface area contributed by atoms with E-state index in [1.807, 2.05) is 11.6 Å². The van der Waals surface area contributed by atoms with Gasteiger partial charge in [-0.2, -0.15) is 0 Å². The lowest BCUT2D eigenvalue weighted by Gasteiger charge is -2.09. The summed E-state index contributed by atoms with van der Waals surface area (Å²) in [6, 6.07) is 3.41. The van der Waals surface area contributed by atoms with Crippen LogP contribution in [0.15, 0.2) is 18.5 Å². The number of rotatable bonds is 4. The highest BCUT2D eigenvalue weighted by Gasteiger charge is 2.09. The third kappa shape index (κ3) is 2.95. The topological polar surface area (TPSA) is 42.7 Å². The first kappa shape index (κ1) is 13.6. The van der Waals surface area contributed by atoms with Crippen LogP contribution in [-0.4, -0.2) is 14.8 Å². The Labute approximate surface area is 120 Å². The fourth-order valence-electron chi connectivity index (χ4n) is 1.50. The van der Waals surface area contributed by atoms with Crippen molar-refractivity contribution in [2.45, 2.75) is 13.1 Å². The summed E-state index contributed by atoms with van der Waals surface area (Å²) in [6.07, 6.45) is 1.65. The van der Waals surface area contributed by atoms with Crippen LogP contribution in [0.3, 0.4) is 0 Å². The molecule has 1 aromatic carbocycles. The zero-order valence-corrected chi connectivity index (χ0v) is 11.9. The van der Waals surface area contributed by atoms with E-state index in [1.54, 1.807) is 18.5 Å². The van der Waals surface area contributed by atoms with E-state index in [1.165, 1.54) is 0 Å². The van der Waals surface area contributed by atoms with Gasteiger partial charge in [-0.3, -0.25) is 0 Å². The molecular weight excluding hydrogens is 295 g/mol. The van der Waals surface area contributed by atoms with Crippen molar-refractivity contribution in [2.75, 3.05) is 0 Å². The van der Waals surface area contributed by atoms with E-state index in [-0.39, 0.29) is 0 Å². The summed E-state index contributed by atoms with van der Waals surface area (Å²) in [6.45, 7) is 1.10. The summed E-state index contributed by atoms with van der Waals surface area (Å²) < 4.78 is 1.84. The molecule has 1 heterocycles. The monoisotopic (exact) mass is 304 g/mol. The molecule has 96 valence electrons. The first-order valence-corrected chi connectivity index (χ1v) is 6.39. The van der Waals surface area contributed by atoms with Gasteiger partial charge < -0.3 is 9.88 Å². The smallest absolute Gasteiger partial charge is 0.146 e. The van der Waals surface area contributed by atoms with Crippen LogP contribution in [0.4, 0.5) is 0 Å². The summed E-state index contributed by atoms with van der Waals surface area (Å²) in [4.78, 5) is 0. The van der Waals surface area contributed by atoms with Crippen LogP contribution in [0.1, 0.15) is 11.4 Å². The number of halogens is 3. The maximum Gasteiger partial charge on any atom is 0.146 e. The maximum absolute atomic E-state index is 6.10. The minimum atomic E-state index is 0.481. The molecule has 1 aromatic heterocycles. The van der Waals surface area contributed by atoms with Gasteiger partial charge in [0.25, 0.3) is 0 Å². The van der Waals surface area contributed by atoms with Crippen LogP contribution >= 0.6 is 34.8 Å². The lowest BCUT2D eigenvalue weighted by Crippen LogP contribution is -2.16. The van der Waals surface area contributed by atoms with Crippen LogP contribution in [0.5, 0.6) is 0 Å².